The van der Waals surface area contributed by atoms with Crippen molar-refractivity contribution in [2.45, 2.75) is 0 Å². The zero-order valence-corrected chi connectivity index (χ0v) is 35.3. The Morgan fingerprint density at radius 2 is 0.773 bits per heavy atom. The Balaban J connectivity index is 1.23. The van der Waals surface area contributed by atoms with E-state index in [1.165, 1.54) is 0 Å². The van der Waals surface area contributed by atoms with E-state index in [4.69, 9.17) is 21.5 Å². The maximum Gasteiger partial charge on any atom is 0.213 e. The summed E-state index contributed by atoms with van der Waals surface area (Å²) in [4.78, 5) is 19.5. The van der Waals surface area contributed by atoms with Gasteiger partial charge in [0.1, 0.15) is 6.07 Å². The number of hydrogen-bond acceptors (Lipinski definition) is 4. The molecule has 12 aromatic rings. The Labute approximate surface area is 380 Å². The fourth-order valence-corrected chi connectivity index (χ4v) is 9.43. The number of nitrogens with zero attached hydrogens (tertiary/aromatic N) is 7. The van der Waals surface area contributed by atoms with E-state index in [0.29, 0.717) is 45.7 Å². The number of aromatic nitrogens is 5. The summed E-state index contributed by atoms with van der Waals surface area (Å²) < 4.78 is 4.34. The number of rotatable bonds is 7. The van der Waals surface area contributed by atoms with Gasteiger partial charge in [-0.15, -0.1) is 0 Å². The minimum Gasteiger partial charge on any atom is -0.317 e. The molecule has 7 nitrogen and oxygen atoms in total. The number of benzene rings is 9. The average molecular weight is 842 g/mol. The molecule has 0 N–H and O–H groups in total. The molecule has 0 aliphatic heterocycles. The van der Waals surface area contributed by atoms with E-state index in [1.807, 2.05) is 103 Å². The van der Waals surface area contributed by atoms with Crippen molar-refractivity contribution in [1.82, 2.24) is 24.1 Å². The van der Waals surface area contributed by atoms with Gasteiger partial charge in [-0.05, 0) is 64.7 Å². The van der Waals surface area contributed by atoms with Gasteiger partial charge in [-0.1, -0.05) is 170 Å². The average Bonchev–Trinajstić information content (AvgIpc) is 3.90. The third-order valence-corrected chi connectivity index (χ3v) is 12.4. The fourth-order valence-electron chi connectivity index (χ4n) is 9.43. The van der Waals surface area contributed by atoms with Gasteiger partial charge in [0.15, 0.2) is 17.5 Å². The molecule has 7 heteroatoms. The lowest BCUT2D eigenvalue weighted by Crippen LogP contribution is -2.09. The van der Waals surface area contributed by atoms with Crippen LogP contribution in [0.25, 0.3) is 116 Å². The molecule has 66 heavy (non-hydrogen) atoms. The second-order valence-electron chi connectivity index (χ2n) is 16.2. The molecule has 0 bridgehead atoms. The molecule has 0 fully saturated rings. The Morgan fingerprint density at radius 3 is 1.23 bits per heavy atom. The highest BCUT2D eigenvalue weighted by Crippen LogP contribution is 2.47. The lowest BCUT2D eigenvalue weighted by Gasteiger charge is -2.22. The highest BCUT2D eigenvalue weighted by Gasteiger charge is 2.29. The molecule has 9 aromatic carbocycles. The Morgan fingerprint density at radius 1 is 0.379 bits per heavy atom. The summed E-state index contributed by atoms with van der Waals surface area (Å²) in [7, 11) is 0. The third kappa shape index (κ3) is 6.23. The van der Waals surface area contributed by atoms with Gasteiger partial charge in [-0.2, -0.15) is 5.26 Å². The van der Waals surface area contributed by atoms with Crippen LogP contribution in [0.4, 0.5) is 5.69 Å². The van der Waals surface area contributed by atoms with Gasteiger partial charge in [-0.3, -0.25) is 0 Å². The van der Waals surface area contributed by atoms with Crippen molar-refractivity contribution in [1.29, 1.82) is 5.26 Å². The standard InChI is InChI=1S/C59H35N7/c1-61-50-36-48(59-63-57(40-22-10-4-11-23-40)62-58(64-59)41-24-12-5-13-25-41)49(37-60)55(65-51-28-16-14-26-44(51)46-34-42(30-32-53(46)65)38-18-6-2-7-19-38)56(50)66-52-29-17-15-27-45(52)47-35-43(31-33-54(47)66)39-20-8-3-9-21-39/h2-36H. The van der Waals surface area contributed by atoms with Crippen LogP contribution in [0, 0.1) is 17.9 Å². The highest BCUT2D eigenvalue weighted by atomic mass is 15.1. The van der Waals surface area contributed by atoms with Crippen molar-refractivity contribution < 1.29 is 0 Å². The van der Waals surface area contributed by atoms with Gasteiger partial charge in [0.2, 0.25) is 5.69 Å². The molecule has 0 atom stereocenters. The summed E-state index contributed by atoms with van der Waals surface area (Å²) in [6.07, 6.45) is 0. The first-order valence-electron chi connectivity index (χ1n) is 21.7. The van der Waals surface area contributed by atoms with Crippen LogP contribution >= 0.6 is 0 Å². The van der Waals surface area contributed by atoms with Crippen LogP contribution in [0.3, 0.4) is 0 Å². The van der Waals surface area contributed by atoms with Gasteiger partial charge >= 0.3 is 0 Å². The van der Waals surface area contributed by atoms with Crippen LogP contribution in [0.1, 0.15) is 5.56 Å². The molecule has 12 rings (SSSR count). The third-order valence-electron chi connectivity index (χ3n) is 12.4. The van der Waals surface area contributed by atoms with Gasteiger partial charge in [0, 0.05) is 38.2 Å². The fraction of sp³-hybridized carbons (Fsp3) is 0. The Bertz CT molecular complexity index is 3880. The number of nitriles is 1. The van der Waals surface area contributed by atoms with Crippen LogP contribution in [0.2, 0.25) is 0 Å². The van der Waals surface area contributed by atoms with Crippen molar-refractivity contribution in [2.75, 3.05) is 0 Å². The molecule has 0 saturated carbocycles. The van der Waals surface area contributed by atoms with E-state index in [9.17, 15) is 5.26 Å². The van der Waals surface area contributed by atoms with E-state index in [0.717, 1.165) is 77.0 Å². The molecule has 3 aromatic heterocycles. The summed E-state index contributed by atoms with van der Waals surface area (Å²) in [5.41, 5.74) is 11.8. The lowest BCUT2D eigenvalue weighted by atomic mass is 10.00. The Kier molecular flexibility index (Phi) is 9.12. The second kappa shape index (κ2) is 15.7. The first kappa shape index (κ1) is 38.3. The normalized spacial score (nSPS) is 11.3. The van der Waals surface area contributed by atoms with Crippen molar-refractivity contribution in [3.8, 4) is 73.9 Å². The summed E-state index contributed by atoms with van der Waals surface area (Å²) >= 11 is 0. The minimum atomic E-state index is 0.291. The number of hydrogen-bond donors (Lipinski definition) is 0. The molecule has 306 valence electrons. The maximum absolute atomic E-state index is 11.8. The largest absolute Gasteiger partial charge is 0.317 e. The SMILES string of the molecule is [C-]#[N+]c1cc(-c2nc(-c3ccccc3)nc(-c3ccccc3)n2)c(C#N)c(-n2c3ccccc3c3cc(-c4ccccc4)ccc32)c1-n1c2ccccc2c2cc(-c3ccccc3)ccc21. The molecule has 0 amide bonds. The lowest BCUT2D eigenvalue weighted by molar-refractivity contribution is 1.06. The monoisotopic (exact) mass is 841 g/mol. The smallest absolute Gasteiger partial charge is 0.213 e. The summed E-state index contributed by atoms with van der Waals surface area (Å²) in [5.74, 6) is 1.21. The van der Waals surface area contributed by atoms with Crippen LogP contribution in [0.15, 0.2) is 212 Å². The molecule has 0 aliphatic rings. The number of para-hydroxylation sites is 2. The second-order valence-corrected chi connectivity index (χ2v) is 16.2. The molecule has 0 radical (unpaired) electrons. The van der Waals surface area contributed by atoms with Crippen molar-refractivity contribution in [3.63, 3.8) is 0 Å². The van der Waals surface area contributed by atoms with Gasteiger partial charge in [0.05, 0.1) is 45.6 Å². The van der Waals surface area contributed by atoms with E-state index >= 15 is 0 Å². The molecule has 3 heterocycles. The van der Waals surface area contributed by atoms with Crippen LogP contribution in [-0.2, 0) is 0 Å². The van der Waals surface area contributed by atoms with E-state index in [2.05, 4.69) is 123 Å². The molecule has 0 saturated heterocycles. The van der Waals surface area contributed by atoms with E-state index in [-0.39, 0.29) is 0 Å². The predicted octanol–water partition coefficient (Wildman–Crippen LogP) is 14.8. The van der Waals surface area contributed by atoms with Crippen molar-refractivity contribution in [2.24, 2.45) is 0 Å². The molecular formula is C59H35N7. The van der Waals surface area contributed by atoms with E-state index in [1.54, 1.807) is 6.07 Å². The van der Waals surface area contributed by atoms with Crippen molar-refractivity contribution in [3.05, 3.63) is 229 Å². The maximum atomic E-state index is 11.8. The Hall–Kier alpha value is -9.43. The molecule has 0 unspecified atom stereocenters. The summed E-state index contributed by atoms with van der Waals surface area (Å²) in [6.45, 7) is 9.03. The van der Waals surface area contributed by atoms with Crippen LogP contribution < -0.4 is 0 Å². The first-order chi connectivity index (χ1) is 32.7. The molecule has 0 aliphatic carbocycles. The van der Waals surface area contributed by atoms with Crippen LogP contribution in [0.5, 0.6) is 0 Å². The molecule has 0 spiro atoms. The zero-order chi connectivity index (χ0) is 44.1. The quantitative estimate of drug-likeness (QED) is 0.150. The highest BCUT2D eigenvalue weighted by molar-refractivity contribution is 6.14. The first-order valence-corrected chi connectivity index (χ1v) is 21.7. The topological polar surface area (TPSA) is 76.7 Å². The van der Waals surface area contributed by atoms with Gasteiger partial charge in [-0.25, -0.2) is 19.8 Å². The van der Waals surface area contributed by atoms with Gasteiger partial charge < -0.3 is 9.13 Å². The number of fused-ring (bicyclic) bond motifs is 6. The summed E-state index contributed by atoms with van der Waals surface area (Å²) in [6, 6.07) is 74.3. The molecular weight excluding hydrogens is 807 g/mol. The van der Waals surface area contributed by atoms with Crippen LogP contribution in [-0.4, -0.2) is 24.1 Å². The predicted molar refractivity (Wildman–Crippen MR) is 267 cm³/mol. The van der Waals surface area contributed by atoms with E-state index < -0.39 is 0 Å². The minimum absolute atomic E-state index is 0.291. The van der Waals surface area contributed by atoms with Crippen molar-refractivity contribution >= 4 is 49.3 Å². The summed E-state index contributed by atoms with van der Waals surface area (Å²) in [5, 5.41) is 15.9. The van der Waals surface area contributed by atoms with Gasteiger partial charge in [0.25, 0.3) is 0 Å². The zero-order valence-electron chi connectivity index (χ0n) is 35.3.